The number of benzene rings is 1. The summed E-state index contributed by atoms with van der Waals surface area (Å²) < 4.78 is 5.76. The first-order valence-corrected chi connectivity index (χ1v) is 8.06. The predicted octanol–water partition coefficient (Wildman–Crippen LogP) is 1.64. The summed E-state index contributed by atoms with van der Waals surface area (Å²) in [6, 6.07) is 3.54. The molecule has 116 valence electrons. The molecule has 1 spiro atoms. The molecule has 3 unspecified atom stereocenters. The van der Waals surface area contributed by atoms with E-state index in [4.69, 9.17) is 4.74 Å². The second-order valence-electron chi connectivity index (χ2n) is 7.52. The zero-order chi connectivity index (χ0) is 15.3. The highest BCUT2D eigenvalue weighted by molar-refractivity contribution is 5.89. The lowest BCUT2D eigenvalue weighted by Crippen LogP contribution is -2.70. The number of rotatable bonds is 0. The second-order valence-corrected chi connectivity index (χ2v) is 7.52. The number of Topliss-reactive ketones (excluding diaryl/α,β-unsaturated/α-hetero) is 1. The topological polar surface area (TPSA) is 69.6 Å². The number of quaternary nitrogens is 1. The zero-order valence-corrected chi connectivity index (χ0v) is 12.5. The number of likely N-dealkylation sites (tertiary alicyclic amines) is 1. The summed E-state index contributed by atoms with van der Waals surface area (Å²) in [5.74, 6) is 0.933. The Bertz CT molecular complexity index is 713. The van der Waals surface area contributed by atoms with E-state index in [1.807, 2.05) is 6.07 Å². The van der Waals surface area contributed by atoms with Gasteiger partial charge in [0, 0.05) is 30.7 Å². The van der Waals surface area contributed by atoms with Crippen LogP contribution < -0.4 is 4.74 Å². The van der Waals surface area contributed by atoms with Crippen LogP contribution in [-0.2, 0) is 16.6 Å². The lowest BCUT2D eigenvalue weighted by Gasteiger charge is -2.62. The number of ether oxygens (including phenoxy) is 1. The van der Waals surface area contributed by atoms with Crippen molar-refractivity contribution >= 4 is 5.78 Å². The smallest absolute Gasteiger partial charge is 0.174 e. The molecule has 2 aliphatic carbocycles. The molecule has 22 heavy (non-hydrogen) atoms. The van der Waals surface area contributed by atoms with E-state index in [1.165, 1.54) is 0 Å². The van der Waals surface area contributed by atoms with Gasteiger partial charge < -0.3 is 19.7 Å². The van der Waals surface area contributed by atoms with Crippen molar-refractivity contribution in [2.75, 3.05) is 13.6 Å². The van der Waals surface area contributed by atoms with Crippen LogP contribution in [0.3, 0.4) is 0 Å². The third-order valence-electron chi connectivity index (χ3n) is 6.61. The largest absolute Gasteiger partial charge is 0.633 e. The van der Waals surface area contributed by atoms with Crippen LogP contribution in [0.15, 0.2) is 12.1 Å². The van der Waals surface area contributed by atoms with Gasteiger partial charge in [0.25, 0.3) is 0 Å². The molecule has 0 radical (unpaired) electrons. The molecule has 2 fully saturated rings. The van der Waals surface area contributed by atoms with Crippen molar-refractivity contribution in [3.63, 3.8) is 0 Å². The fourth-order valence-electron chi connectivity index (χ4n) is 5.68. The maximum Gasteiger partial charge on any atom is 0.174 e. The first-order chi connectivity index (χ1) is 10.4. The van der Waals surface area contributed by atoms with Gasteiger partial charge in [-0.25, -0.2) is 0 Å². The minimum atomic E-state index is -0.503. The van der Waals surface area contributed by atoms with Gasteiger partial charge in [0.15, 0.2) is 23.4 Å². The molecule has 4 aliphatic rings. The SMILES string of the molecule is C[N+]1([O-])CC[C@]23c4c5ccc(O)c4OC2C(=O)CCC3[C@H]1C5. The van der Waals surface area contributed by atoms with E-state index in [9.17, 15) is 15.1 Å². The summed E-state index contributed by atoms with van der Waals surface area (Å²) in [4.78, 5) is 12.5. The number of carbonyl (C=O) groups excluding carboxylic acids is 1. The third-order valence-corrected chi connectivity index (χ3v) is 6.61. The van der Waals surface area contributed by atoms with E-state index in [1.54, 1.807) is 13.1 Å². The maximum atomic E-state index is 13.0. The van der Waals surface area contributed by atoms with Gasteiger partial charge in [0.1, 0.15) is 0 Å². The molecule has 1 saturated carbocycles. The average Bonchev–Trinajstić information content (AvgIpc) is 2.84. The van der Waals surface area contributed by atoms with Crippen LogP contribution in [0.2, 0.25) is 0 Å². The second kappa shape index (κ2) is 3.66. The predicted molar refractivity (Wildman–Crippen MR) is 78.5 cm³/mol. The van der Waals surface area contributed by atoms with Crippen molar-refractivity contribution in [2.24, 2.45) is 5.92 Å². The van der Waals surface area contributed by atoms with Gasteiger partial charge in [-0.15, -0.1) is 0 Å². The van der Waals surface area contributed by atoms with Crippen molar-refractivity contribution in [3.8, 4) is 11.5 Å². The Labute approximate surface area is 128 Å². The number of hydrogen-bond acceptors (Lipinski definition) is 4. The summed E-state index contributed by atoms with van der Waals surface area (Å²) in [5, 5.41) is 23.2. The molecule has 5 heteroatoms. The molecule has 2 heterocycles. The third kappa shape index (κ3) is 1.23. The van der Waals surface area contributed by atoms with Gasteiger partial charge >= 0.3 is 0 Å². The molecule has 1 saturated heterocycles. The van der Waals surface area contributed by atoms with Gasteiger partial charge in [0.2, 0.25) is 0 Å². The Kier molecular flexibility index (Phi) is 2.15. The van der Waals surface area contributed by atoms with Crippen molar-refractivity contribution in [2.45, 2.75) is 43.2 Å². The van der Waals surface area contributed by atoms with E-state index in [2.05, 4.69) is 0 Å². The lowest BCUT2D eigenvalue weighted by molar-refractivity contribution is -0.899. The number of phenolic OH excluding ortho intramolecular Hbond substituents is 1. The maximum absolute atomic E-state index is 13.0. The Morgan fingerprint density at radius 1 is 1.45 bits per heavy atom. The van der Waals surface area contributed by atoms with Gasteiger partial charge in [0.05, 0.1) is 25.0 Å². The van der Waals surface area contributed by atoms with Crippen molar-refractivity contribution in [3.05, 3.63) is 28.5 Å². The van der Waals surface area contributed by atoms with Gasteiger partial charge in [-0.05, 0) is 18.1 Å². The molecule has 0 aromatic heterocycles. The minimum absolute atomic E-state index is 0.00376. The number of piperidine rings is 1. The Morgan fingerprint density at radius 3 is 3.09 bits per heavy atom. The Balaban J connectivity index is 1.83. The van der Waals surface area contributed by atoms with E-state index < -0.39 is 6.10 Å². The van der Waals surface area contributed by atoms with Gasteiger partial charge in [-0.3, -0.25) is 4.79 Å². The van der Waals surface area contributed by atoms with E-state index in [0.29, 0.717) is 25.1 Å². The molecular weight excluding hydrogens is 282 g/mol. The first kappa shape index (κ1) is 12.9. The zero-order valence-electron chi connectivity index (χ0n) is 12.5. The van der Waals surface area contributed by atoms with Crippen LogP contribution in [0.4, 0.5) is 0 Å². The molecule has 2 aliphatic heterocycles. The van der Waals surface area contributed by atoms with Crippen LogP contribution in [0.5, 0.6) is 11.5 Å². The van der Waals surface area contributed by atoms with Crippen LogP contribution in [0, 0.1) is 11.1 Å². The number of hydroxylamine groups is 3. The van der Waals surface area contributed by atoms with Crippen molar-refractivity contribution in [1.29, 1.82) is 0 Å². The highest BCUT2D eigenvalue weighted by Gasteiger charge is 2.68. The number of nitrogens with zero attached hydrogens (tertiary/aromatic N) is 1. The number of hydrogen-bond donors (Lipinski definition) is 1. The minimum Gasteiger partial charge on any atom is -0.633 e. The van der Waals surface area contributed by atoms with Crippen LogP contribution in [0.25, 0.3) is 0 Å². The molecule has 5 nitrogen and oxygen atoms in total. The average molecular weight is 301 g/mol. The molecule has 5 atom stereocenters. The summed E-state index contributed by atoms with van der Waals surface area (Å²) in [5.41, 5.74) is 1.75. The molecule has 1 aromatic rings. The fourth-order valence-corrected chi connectivity index (χ4v) is 5.68. The monoisotopic (exact) mass is 301 g/mol. The molecule has 1 N–H and O–H groups in total. The summed E-state index contributed by atoms with van der Waals surface area (Å²) in [6.07, 6.45) is 2.15. The fraction of sp³-hybridized carbons (Fsp3) is 0.588. The number of carbonyl (C=O) groups is 1. The lowest BCUT2D eigenvalue weighted by atomic mass is 9.51. The summed E-state index contributed by atoms with van der Waals surface area (Å²) >= 11 is 0. The molecule has 5 rings (SSSR count). The van der Waals surface area contributed by atoms with Crippen molar-refractivity contribution < 1.29 is 19.3 Å². The number of ketones is 1. The van der Waals surface area contributed by atoms with E-state index >= 15 is 0 Å². The standard InChI is InChI=1S/C17H19NO4/c1-18(21)7-6-17-10-3-5-13(20)16(17)22-15-12(19)4-2-9(14(15)17)8-11(10)18/h2,4,10-11,16,19H,3,5-8H2,1H3/t10?,11-,16?,17+,18?/m1/s1. The number of likely N-dealkylation sites (N-methyl/N-ethyl adjacent to an activating group) is 1. The van der Waals surface area contributed by atoms with Crippen molar-refractivity contribution in [1.82, 2.24) is 0 Å². The number of phenols is 1. The first-order valence-electron chi connectivity index (χ1n) is 8.06. The summed E-state index contributed by atoms with van der Waals surface area (Å²) in [7, 11) is 1.77. The Morgan fingerprint density at radius 2 is 2.27 bits per heavy atom. The Hall–Kier alpha value is -1.59. The van der Waals surface area contributed by atoms with Crippen LogP contribution in [0.1, 0.15) is 30.4 Å². The highest BCUT2D eigenvalue weighted by Crippen LogP contribution is 2.63. The van der Waals surface area contributed by atoms with Gasteiger partial charge in [-0.1, -0.05) is 6.07 Å². The molecule has 2 bridgehead atoms. The quantitative estimate of drug-likeness (QED) is 0.584. The van der Waals surface area contributed by atoms with Crippen LogP contribution in [-0.4, -0.2) is 41.3 Å². The number of aromatic hydroxyl groups is 1. The van der Waals surface area contributed by atoms with E-state index in [0.717, 1.165) is 24.0 Å². The summed E-state index contributed by atoms with van der Waals surface area (Å²) in [6.45, 7) is 0.517. The van der Waals surface area contributed by atoms with Gasteiger partial charge in [-0.2, -0.15) is 0 Å². The molecular formula is C17H19NO4. The van der Waals surface area contributed by atoms with E-state index in [-0.39, 0.29) is 33.6 Å². The molecule has 1 aromatic carbocycles. The van der Waals surface area contributed by atoms with Crippen LogP contribution >= 0.6 is 0 Å². The highest BCUT2D eigenvalue weighted by atomic mass is 16.5. The molecule has 0 amide bonds. The normalized spacial score (nSPS) is 44.5.